The van der Waals surface area contributed by atoms with Crippen LogP contribution in [0.25, 0.3) is 0 Å². The second-order valence-electron chi connectivity index (χ2n) is 21.5. The summed E-state index contributed by atoms with van der Waals surface area (Å²) in [6.45, 7) is 16.4. The number of likely N-dealkylation sites (N-methyl/N-ethyl adjacent to an activating group) is 1. The molecule has 0 unspecified atom stereocenters. The second-order valence-corrected chi connectivity index (χ2v) is 24.4. The van der Waals surface area contributed by atoms with Gasteiger partial charge in [0.05, 0.1) is 84.0 Å². The number of nitrogens with zero attached hydrogens (tertiary/aromatic N) is 2. The van der Waals surface area contributed by atoms with Crippen molar-refractivity contribution in [3.63, 3.8) is 0 Å². The summed E-state index contributed by atoms with van der Waals surface area (Å²) in [7, 11) is -0.238. The average Bonchev–Trinajstić information content (AvgIpc) is 3.43. The molecule has 3 amide bonds. The molecule has 79 heavy (non-hydrogen) atoms. The quantitative estimate of drug-likeness (QED) is 0.0287. The first-order chi connectivity index (χ1) is 37.8. The fraction of sp³-hybridized carbons (Fsp3) is 0.467. The Kier molecular flexibility index (Phi) is 21.2. The van der Waals surface area contributed by atoms with Crippen molar-refractivity contribution in [1.82, 2.24) is 31.2 Å². The molecule has 426 valence electrons. The molecule has 0 spiro atoms. The third-order valence-electron chi connectivity index (χ3n) is 14.5. The lowest BCUT2D eigenvalue weighted by Crippen LogP contribution is -2.62. The Bertz CT molecular complexity index is 3030. The lowest BCUT2D eigenvalue weighted by atomic mass is 9.83. The number of ether oxygens (including phenoxy) is 4. The van der Waals surface area contributed by atoms with Crippen LogP contribution < -0.4 is 41.4 Å². The Hall–Kier alpha value is -6.28. The Balaban J connectivity index is 0.848. The van der Waals surface area contributed by atoms with E-state index in [9.17, 15) is 22.8 Å². The predicted molar refractivity (Wildman–Crippen MR) is 311 cm³/mol. The summed E-state index contributed by atoms with van der Waals surface area (Å²) in [6.07, 6.45) is 5.34. The minimum absolute atomic E-state index is 0.151. The zero-order valence-corrected chi connectivity index (χ0v) is 48.7. The number of rotatable bonds is 26. The van der Waals surface area contributed by atoms with Crippen molar-refractivity contribution < 1.29 is 41.7 Å². The first-order valence-electron chi connectivity index (χ1n) is 27.3. The highest BCUT2D eigenvalue weighted by molar-refractivity contribution is 7.92. The van der Waals surface area contributed by atoms with Crippen LogP contribution in [-0.2, 0) is 59.5 Å². The number of hydrogen-bond donors (Lipinski definition) is 6. The third kappa shape index (κ3) is 15.8. The molecule has 6 N–H and O–H groups in total. The van der Waals surface area contributed by atoms with Gasteiger partial charge in [0.1, 0.15) is 36.0 Å². The standard InChI is InChI=1S/C60H79ClN8O9S/c1-38(2)79(73,74)54-20-13-12-18-49(54)65-50-35-55(64-36-47(50)61)66-51-31-39(3)42(34-53(51)75-9)23-24-63-25-26-76-27-28-77-29-30-78-45-22-21-43-33-52(58(71)67-48-19-14-16-41-15-10-11-17-46(41)48)69(37-44(43)32-45)59(72)56(60(5,6)7)68-57(70)40(4)62-8/h10-13,15,17-18,20-22,31-32,34-36,38,40,48,52,56,62-63H,14,16,19,23-30,33,37H2,1-9H3,(H,67,71)(H,68,70)(H2,64,65,66)/t40-,48+,52-,56+/m0/s1. The summed E-state index contributed by atoms with van der Waals surface area (Å²) in [5.74, 6) is 0.944. The number of methoxy groups -OCH3 is 1. The smallest absolute Gasteiger partial charge is 0.246 e. The molecule has 0 fully saturated rings. The highest BCUT2D eigenvalue weighted by Gasteiger charge is 2.43. The van der Waals surface area contributed by atoms with E-state index in [1.54, 1.807) is 70.2 Å². The fourth-order valence-electron chi connectivity index (χ4n) is 9.76. The summed E-state index contributed by atoms with van der Waals surface area (Å²) in [4.78, 5) is 48.6. The summed E-state index contributed by atoms with van der Waals surface area (Å²) in [5.41, 5.74) is 7.37. The van der Waals surface area contributed by atoms with Crippen molar-refractivity contribution in [2.24, 2.45) is 5.41 Å². The van der Waals surface area contributed by atoms with E-state index in [4.69, 9.17) is 30.5 Å². The van der Waals surface area contributed by atoms with Gasteiger partial charge in [-0.1, -0.05) is 74.8 Å². The number of benzene rings is 4. The summed E-state index contributed by atoms with van der Waals surface area (Å²) in [5, 5.41) is 19.0. The van der Waals surface area contributed by atoms with Crippen LogP contribution in [0.1, 0.15) is 93.8 Å². The highest BCUT2D eigenvalue weighted by atomic mass is 35.5. The Morgan fingerprint density at radius 1 is 0.835 bits per heavy atom. The third-order valence-corrected chi connectivity index (χ3v) is 17.0. The summed E-state index contributed by atoms with van der Waals surface area (Å²) < 4.78 is 49.7. The van der Waals surface area contributed by atoms with E-state index in [0.29, 0.717) is 79.7 Å². The first-order valence-corrected chi connectivity index (χ1v) is 29.2. The topological polar surface area (TPSA) is 211 Å². The minimum Gasteiger partial charge on any atom is -0.495 e. The largest absolute Gasteiger partial charge is 0.495 e. The molecule has 2 heterocycles. The minimum atomic E-state index is -3.55. The van der Waals surface area contributed by atoms with Gasteiger partial charge < -0.3 is 55.7 Å². The normalized spacial score (nSPS) is 16.1. The van der Waals surface area contributed by atoms with Crippen LogP contribution in [0.2, 0.25) is 5.02 Å². The van der Waals surface area contributed by atoms with Gasteiger partial charge in [-0.15, -0.1) is 0 Å². The van der Waals surface area contributed by atoms with Crippen LogP contribution >= 0.6 is 11.6 Å². The number of para-hydroxylation sites is 1. The van der Waals surface area contributed by atoms with Crippen molar-refractivity contribution >= 4 is 62.0 Å². The summed E-state index contributed by atoms with van der Waals surface area (Å²) in [6, 6.07) is 24.2. The van der Waals surface area contributed by atoms with Crippen LogP contribution in [0.4, 0.5) is 22.9 Å². The molecule has 19 heteroatoms. The number of fused-ring (bicyclic) bond motifs is 2. The Labute approximate surface area is 471 Å². The van der Waals surface area contributed by atoms with Gasteiger partial charge in [0.15, 0.2) is 9.84 Å². The molecule has 5 aromatic rings. The van der Waals surface area contributed by atoms with Gasteiger partial charge in [0.25, 0.3) is 0 Å². The fourth-order valence-corrected chi connectivity index (χ4v) is 11.1. The highest BCUT2D eigenvalue weighted by Crippen LogP contribution is 2.37. The number of nitrogens with one attached hydrogen (secondary N) is 6. The SMILES string of the molecule is CN[C@@H](C)C(=O)N[C@H](C(=O)N1Cc2cc(OCCOCCOCCNCCc3cc(OC)c(Nc4cc(Nc5ccccc5S(=O)(=O)C(C)C)c(Cl)cn4)cc3C)ccc2C[C@H]1C(=O)N[C@@H]1CCCc2ccccc21)C(C)(C)C. The molecule has 7 rings (SSSR count). The number of amides is 3. The van der Waals surface area contributed by atoms with E-state index >= 15 is 0 Å². The van der Waals surface area contributed by atoms with E-state index in [0.717, 1.165) is 65.7 Å². The molecule has 4 aromatic carbocycles. The Morgan fingerprint density at radius 3 is 2.32 bits per heavy atom. The van der Waals surface area contributed by atoms with Crippen LogP contribution in [0.15, 0.2) is 96.0 Å². The number of hydrogen-bond acceptors (Lipinski definition) is 14. The maximum atomic E-state index is 14.7. The molecule has 1 aromatic heterocycles. The average molecular weight is 1120 g/mol. The lowest BCUT2D eigenvalue weighted by Gasteiger charge is -2.41. The van der Waals surface area contributed by atoms with E-state index in [-0.39, 0.29) is 35.2 Å². The van der Waals surface area contributed by atoms with Crippen molar-refractivity contribution in [3.8, 4) is 11.5 Å². The maximum Gasteiger partial charge on any atom is 0.246 e. The molecule has 0 radical (unpaired) electrons. The number of sulfone groups is 1. The van der Waals surface area contributed by atoms with Gasteiger partial charge in [0.2, 0.25) is 17.7 Å². The van der Waals surface area contributed by atoms with Crippen molar-refractivity contribution in [1.29, 1.82) is 0 Å². The number of pyridine rings is 1. The van der Waals surface area contributed by atoms with Gasteiger partial charge in [-0.25, -0.2) is 13.4 Å². The molecular formula is C60H79ClN8O9S. The molecule has 1 aliphatic carbocycles. The molecule has 17 nitrogen and oxygen atoms in total. The van der Waals surface area contributed by atoms with Crippen LogP contribution in [0, 0.1) is 12.3 Å². The zero-order valence-electron chi connectivity index (χ0n) is 47.1. The van der Waals surface area contributed by atoms with Crippen LogP contribution in [-0.4, -0.2) is 120 Å². The monoisotopic (exact) mass is 1120 g/mol. The molecular weight excluding hydrogens is 1040 g/mol. The van der Waals surface area contributed by atoms with Crippen molar-refractivity contribution in [2.75, 3.05) is 70.9 Å². The maximum absolute atomic E-state index is 14.7. The van der Waals surface area contributed by atoms with E-state index in [2.05, 4.69) is 49.0 Å². The summed E-state index contributed by atoms with van der Waals surface area (Å²) >= 11 is 6.53. The van der Waals surface area contributed by atoms with Gasteiger partial charge in [0, 0.05) is 25.6 Å². The second kappa shape index (κ2) is 27.7. The van der Waals surface area contributed by atoms with Crippen molar-refractivity contribution in [2.45, 2.75) is 121 Å². The molecule has 1 aliphatic heterocycles. The number of anilines is 4. The molecule has 4 atom stereocenters. The molecule has 2 aliphatic rings. The van der Waals surface area contributed by atoms with Gasteiger partial charge in [-0.3, -0.25) is 14.4 Å². The first kappa shape index (κ1) is 60.4. The number of carbonyl (C=O) groups excluding carboxylic acids is 3. The number of halogens is 1. The Morgan fingerprint density at radius 2 is 1.57 bits per heavy atom. The molecule has 0 saturated carbocycles. The van der Waals surface area contributed by atoms with Crippen LogP contribution in [0.5, 0.6) is 11.5 Å². The van der Waals surface area contributed by atoms with Gasteiger partial charge >= 0.3 is 0 Å². The number of aromatic nitrogens is 1. The number of carbonyl (C=O) groups is 3. The predicted octanol–water partition coefficient (Wildman–Crippen LogP) is 8.55. The van der Waals surface area contributed by atoms with Gasteiger partial charge in [-0.2, -0.15) is 0 Å². The molecule has 0 saturated heterocycles. The van der Waals surface area contributed by atoms with E-state index < -0.39 is 38.6 Å². The van der Waals surface area contributed by atoms with Gasteiger partial charge in [-0.05, 0) is 142 Å². The number of aryl methyl sites for hydroxylation is 2. The zero-order chi connectivity index (χ0) is 56.9. The van der Waals surface area contributed by atoms with Crippen LogP contribution in [0.3, 0.4) is 0 Å². The van der Waals surface area contributed by atoms with E-state index in [1.807, 2.05) is 70.2 Å². The van der Waals surface area contributed by atoms with Crippen molar-refractivity contribution in [3.05, 3.63) is 130 Å². The van der Waals surface area contributed by atoms with E-state index in [1.165, 1.54) is 11.8 Å². The molecule has 0 bridgehead atoms. The lowest BCUT2D eigenvalue weighted by molar-refractivity contribution is -0.147.